The van der Waals surface area contributed by atoms with Gasteiger partial charge < -0.3 is 20.1 Å². The van der Waals surface area contributed by atoms with Gasteiger partial charge in [-0.25, -0.2) is 0 Å². The first-order chi connectivity index (χ1) is 9.30. The Bertz CT molecular complexity index is 427. The van der Waals surface area contributed by atoms with Gasteiger partial charge in [0, 0.05) is 30.9 Å². The third-order valence-corrected chi connectivity index (χ3v) is 3.24. The standard InChI is InChI=1S/C16H28N2O2/c1-7-17-12(2)15-13(9-8-10-14(15)20-6)18(5)11-16(3,4)19/h8-10,12,17,19H,7,11H2,1-6H3. The van der Waals surface area contributed by atoms with Gasteiger partial charge >= 0.3 is 0 Å². The Morgan fingerprint density at radius 3 is 2.55 bits per heavy atom. The fourth-order valence-electron chi connectivity index (χ4n) is 2.55. The first-order valence-corrected chi connectivity index (χ1v) is 7.14. The normalized spacial score (nSPS) is 13.2. The van der Waals surface area contributed by atoms with E-state index in [1.54, 1.807) is 7.11 Å². The third-order valence-electron chi connectivity index (χ3n) is 3.24. The largest absolute Gasteiger partial charge is 0.496 e. The van der Waals surface area contributed by atoms with Gasteiger partial charge in [-0.05, 0) is 39.4 Å². The van der Waals surface area contributed by atoms with Gasteiger partial charge in [0.15, 0.2) is 0 Å². The lowest BCUT2D eigenvalue weighted by Crippen LogP contribution is -2.37. The number of hydrogen-bond acceptors (Lipinski definition) is 4. The fraction of sp³-hybridized carbons (Fsp3) is 0.625. The molecule has 0 aliphatic rings. The van der Waals surface area contributed by atoms with Gasteiger partial charge in [-0.15, -0.1) is 0 Å². The molecule has 0 amide bonds. The molecular formula is C16H28N2O2. The quantitative estimate of drug-likeness (QED) is 0.806. The molecular weight excluding hydrogens is 252 g/mol. The van der Waals surface area contributed by atoms with Crippen LogP contribution in [0, 0.1) is 0 Å². The van der Waals surface area contributed by atoms with Crippen LogP contribution in [-0.4, -0.2) is 38.0 Å². The first kappa shape index (κ1) is 16.8. The summed E-state index contributed by atoms with van der Waals surface area (Å²) in [6.07, 6.45) is 0. The molecule has 0 fully saturated rings. The number of nitrogens with zero attached hydrogens (tertiary/aromatic N) is 1. The number of benzene rings is 1. The van der Waals surface area contributed by atoms with Crippen LogP contribution < -0.4 is 15.0 Å². The van der Waals surface area contributed by atoms with Crippen LogP contribution in [0.4, 0.5) is 5.69 Å². The molecule has 2 N–H and O–H groups in total. The van der Waals surface area contributed by atoms with Crippen LogP contribution in [0.5, 0.6) is 5.75 Å². The summed E-state index contributed by atoms with van der Waals surface area (Å²) in [5.74, 6) is 0.874. The molecule has 1 rings (SSSR count). The van der Waals surface area contributed by atoms with Crippen molar-refractivity contribution in [2.75, 3.05) is 32.1 Å². The predicted molar refractivity (Wildman–Crippen MR) is 84.7 cm³/mol. The highest BCUT2D eigenvalue weighted by atomic mass is 16.5. The van der Waals surface area contributed by atoms with Gasteiger partial charge in [-0.3, -0.25) is 0 Å². The average Bonchev–Trinajstić information content (AvgIpc) is 2.36. The summed E-state index contributed by atoms with van der Waals surface area (Å²) in [5, 5.41) is 13.4. The van der Waals surface area contributed by atoms with E-state index < -0.39 is 5.60 Å². The zero-order valence-corrected chi connectivity index (χ0v) is 13.5. The topological polar surface area (TPSA) is 44.7 Å². The molecule has 4 heteroatoms. The van der Waals surface area contributed by atoms with Crippen LogP contribution in [0.15, 0.2) is 18.2 Å². The third kappa shape index (κ3) is 4.39. The number of hydrogen-bond donors (Lipinski definition) is 2. The molecule has 1 unspecified atom stereocenters. The van der Waals surface area contributed by atoms with Gasteiger partial charge in [0.05, 0.1) is 12.7 Å². The van der Waals surface area contributed by atoms with Gasteiger partial charge in [0.25, 0.3) is 0 Å². The molecule has 1 aromatic carbocycles. The van der Waals surface area contributed by atoms with E-state index in [0.717, 1.165) is 23.5 Å². The number of ether oxygens (including phenoxy) is 1. The predicted octanol–water partition coefficient (Wildman–Crippen LogP) is 2.57. The van der Waals surface area contributed by atoms with Crippen molar-refractivity contribution < 1.29 is 9.84 Å². The number of aliphatic hydroxyl groups is 1. The maximum atomic E-state index is 10.0. The summed E-state index contributed by atoms with van der Waals surface area (Å²) >= 11 is 0. The lowest BCUT2D eigenvalue weighted by Gasteiger charge is -2.31. The van der Waals surface area contributed by atoms with Crippen LogP contribution >= 0.6 is 0 Å². The van der Waals surface area contributed by atoms with Gasteiger partial charge in [0.1, 0.15) is 5.75 Å². The van der Waals surface area contributed by atoms with E-state index >= 15 is 0 Å². The molecule has 0 saturated heterocycles. The van der Waals surface area contributed by atoms with Crippen LogP contribution in [0.1, 0.15) is 39.3 Å². The van der Waals surface area contributed by atoms with Gasteiger partial charge in [-0.1, -0.05) is 13.0 Å². The molecule has 0 heterocycles. The van der Waals surface area contributed by atoms with Crippen LogP contribution in [-0.2, 0) is 0 Å². The summed E-state index contributed by atoms with van der Waals surface area (Å²) < 4.78 is 5.50. The second kappa shape index (κ2) is 6.95. The SMILES string of the molecule is CCNC(C)c1c(OC)cccc1N(C)CC(C)(C)O. The van der Waals surface area contributed by atoms with Crippen molar-refractivity contribution in [3.63, 3.8) is 0 Å². The number of rotatable bonds is 7. The molecule has 0 bridgehead atoms. The van der Waals surface area contributed by atoms with Crippen molar-refractivity contribution in [2.24, 2.45) is 0 Å². The zero-order chi connectivity index (χ0) is 15.3. The van der Waals surface area contributed by atoms with Gasteiger partial charge in [0.2, 0.25) is 0 Å². The minimum absolute atomic E-state index is 0.190. The molecule has 0 saturated carbocycles. The number of methoxy groups -OCH3 is 1. The molecule has 4 nitrogen and oxygen atoms in total. The molecule has 1 aromatic rings. The summed E-state index contributed by atoms with van der Waals surface area (Å²) in [5.41, 5.74) is 1.47. The van der Waals surface area contributed by atoms with E-state index in [2.05, 4.69) is 30.1 Å². The van der Waals surface area contributed by atoms with Crippen molar-refractivity contribution in [2.45, 2.75) is 39.3 Å². The minimum atomic E-state index is -0.740. The Labute approximate surface area is 122 Å². The smallest absolute Gasteiger partial charge is 0.125 e. The maximum absolute atomic E-state index is 10.0. The van der Waals surface area contributed by atoms with Crippen molar-refractivity contribution >= 4 is 5.69 Å². The monoisotopic (exact) mass is 280 g/mol. The minimum Gasteiger partial charge on any atom is -0.496 e. The summed E-state index contributed by atoms with van der Waals surface area (Å²) in [4.78, 5) is 2.08. The Kier molecular flexibility index (Phi) is 5.84. The van der Waals surface area contributed by atoms with Crippen molar-refractivity contribution in [3.8, 4) is 5.75 Å². The Balaban J connectivity index is 3.17. The van der Waals surface area contributed by atoms with Crippen LogP contribution in [0.2, 0.25) is 0 Å². The number of nitrogens with one attached hydrogen (secondary N) is 1. The van der Waals surface area contributed by atoms with E-state index in [1.807, 2.05) is 33.0 Å². The molecule has 0 aliphatic heterocycles. The second-order valence-electron chi connectivity index (χ2n) is 5.84. The van der Waals surface area contributed by atoms with E-state index in [9.17, 15) is 5.11 Å². The van der Waals surface area contributed by atoms with Gasteiger partial charge in [-0.2, -0.15) is 0 Å². The molecule has 0 aliphatic carbocycles. The summed E-state index contributed by atoms with van der Waals surface area (Å²) in [6.45, 7) is 9.31. The molecule has 20 heavy (non-hydrogen) atoms. The maximum Gasteiger partial charge on any atom is 0.125 e. The Morgan fingerprint density at radius 1 is 1.40 bits per heavy atom. The lowest BCUT2D eigenvalue weighted by molar-refractivity contribution is 0.0885. The fourth-order valence-corrected chi connectivity index (χ4v) is 2.55. The lowest BCUT2D eigenvalue weighted by atomic mass is 10.0. The van der Waals surface area contributed by atoms with E-state index in [0.29, 0.717) is 6.54 Å². The van der Waals surface area contributed by atoms with Crippen LogP contribution in [0.25, 0.3) is 0 Å². The van der Waals surface area contributed by atoms with Crippen molar-refractivity contribution in [1.82, 2.24) is 5.32 Å². The Hall–Kier alpha value is -1.26. The number of anilines is 1. The summed E-state index contributed by atoms with van der Waals surface area (Å²) in [6, 6.07) is 6.22. The Morgan fingerprint density at radius 2 is 2.05 bits per heavy atom. The van der Waals surface area contributed by atoms with E-state index in [1.165, 1.54) is 0 Å². The van der Waals surface area contributed by atoms with Crippen molar-refractivity contribution in [1.29, 1.82) is 0 Å². The summed E-state index contributed by atoms with van der Waals surface area (Å²) in [7, 11) is 3.69. The zero-order valence-electron chi connectivity index (χ0n) is 13.5. The highest BCUT2D eigenvalue weighted by Gasteiger charge is 2.21. The molecule has 114 valence electrons. The van der Waals surface area contributed by atoms with E-state index in [-0.39, 0.29) is 6.04 Å². The van der Waals surface area contributed by atoms with Crippen molar-refractivity contribution in [3.05, 3.63) is 23.8 Å². The molecule has 1 atom stereocenters. The second-order valence-corrected chi connectivity index (χ2v) is 5.84. The first-order valence-electron chi connectivity index (χ1n) is 7.14. The molecule has 0 aromatic heterocycles. The average molecular weight is 280 g/mol. The highest BCUT2D eigenvalue weighted by Crippen LogP contribution is 2.34. The molecule has 0 radical (unpaired) electrons. The molecule has 0 spiro atoms. The highest BCUT2D eigenvalue weighted by molar-refractivity contribution is 5.60. The number of likely N-dealkylation sites (N-methyl/N-ethyl adjacent to an activating group) is 1. The van der Waals surface area contributed by atoms with Crippen LogP contribution in [0.3, 0.4) is 0 Å². The van der Waals surface area contributed by atoms with E-state index in [4.69, 9.17) is 4.74 Å².